The van der Waals surface area contributed by atoms with Gasteiger partial charge in [0.05, 0.1) is 0 Å². The van der Waals surface area contributed by atoms with Gasteiger partial charge in [-0.1, -0.05) is 49.2 Å². The van der Waals surface area contributed by atoms with E-state index in [1.165, 1.54) is 0 Å². The van der Waals surface area contributed by atoms with Crippen LogP contribution in [0.4, 0.5) is 4.79 Å². The van der Waals surface area contributed by atoms with Gasteiger partial charge in [0.2, 0.25) is 0 Å². The van der Waals surface area contributed by atoms with E-state index in [9.17, 15) is 19.8 Å². The lowest BCUT2D eigenvalue weighted by atomic mass is 10.0. The van der Waals surface area contributed by atoms with Crippen LogP contribution in [0.25, 0.3) is 0 Å². The largest absolute Gasteiger partial charge is 0.489 e. The van der Waals surface area contributed by atoms with Crippen molar-refractivity contribution in [2.75, 3.05) is 6.54 Å². The summed E-state index contributed by atoms with van der Waals surface area (Å²) in [5, 5.41) is 20.0. The first kappa shape index (κ1) is 23.8. The van der Waals surface area contributed by atoms with Crippen LogP contribution < -0.4 is 4.74 Å². The average Bonchev–Trinajstić information content (AvgIpc) is 2.64. The molecule has 0 aromatic heterocycles. The maximum absolute atomic E-state index is 11.6. The van der Waals surface area contributed by atoms with Gasteiger partial charge in [-0.2, -0.15) is 0 Å². The number of aliphatic carboxylic acids is 1. The molecule has 0 bridgehead atoms. The van der Waals surface area contributed by atoms with Gasteiger partial charge in [0.25, 0.3) is 0 Å². The van der Waals surface area contributed by atoms with E-state index in [1.807, 2.05) is 32.0 Å². The highest BCUT2D eigenvalue weighted by Gasteiger charge is 2.29. The molecule has 0 fully saturated rings. The number of carboxylic acids is 1. The highest BCUT2D eigenvalue weighted by atomic mass is 35.5. The van der Waals surface area contributed by atoms with Crippen molar-refractivity contribution in [1.82, 2.24) is 4.90 Å². The van der Waals surface area contributed by atoms with E-state index < -0.39 is 18.1 Å². The molecule has 0 aliphatic rings. The summed E-state index contributed by atoms with van der Waals surface area (Å²) in [4.78, 5) is 24.2. The molecule has 2 N–H and O–H groups in total. The third-order valence-corrected chi connectivity index (χ3v) is 4.91. The summed E-state index contributed by atoms with van der Waals surface area (Å²) in [6.07, 6.45) is -0.616. The Kier molecular flexibility index (Phi) is 8.81. The number of ether oxygens (including phenoxy) is 1. The minimum atomic E-state index is -1.24. The highest BCUT2D eigenvalue weighted by Crippen LogP contribution is 2.22. The summed E-state index contributed by atoms with van der Waals surface area (Å²) in [6, 6.07) is 11.4. The molecular formula is C22H25Cl2NO5. The molecule has 0 radical (unpaired) electrons. The number of benzene rings is 2. The molecule has 1 unspecified atom stereocenters. The Bertz CT molecular complexity index is 867. The van der Waals surface area contributed by atoms with Crippen LogP contribution in [-0.4, -0.2) is 39.8 Å². The SMILES string of the molecule is CC(C)CC(C(=O)O)N(CCc1cccc(OCc2cc(Cl)cc(Cl)c2)c1)C(=O)O. The predicted molar refractivity (Wildman–Crippen MR) is 117 cm³/mol. The first-order valence-electron chi connectivity index (χ1n) is 9.54. The van der Waals surface area contributed by atoms with Gasteiger partial charge >= 0.3 is 12.1 Å². The molecule has 162 valence electrons. The third-order valence-electron chi connectivity index (χ3n) is 4.47. The van der Waals surface area contributed by atoms with E-state index in [2.05, 4.69) is 0 Å². The Morgan fingerprint density at radius 3 is 2.27 bits per heavy atom. The fourth-order valence-corrected chi connectivity index (χ4v) is 3.67. The van der Waals surface area contributed by atoms with E-state index in [0.29, 0.717) is 22.2 Å². The minimum Gasteiger partial charge on any atom is -0.489 e. The molecule has 1 atom stereocenters. The van der Waals surface area contributed by atoms with E-state index in [4.69, 9.17) is 27.9 Å². The fraction of sp³-hybridized carbons (Fsp3) is 0.364. The topological polar surface area (TPSA) is 87.1 Å². The Morgan fingerprint density at radius 1 is 1.03 bits per heavy atom. The van der Waals surface area contributed by atoms with Crippen molar-refractivity contribution in [3.63, 3.8) is 0 Å². The van der Waals surface area contributed by atoms with Crippen LogP contribution in [-0.2, 0) is 17.8 Å². The summed E-state index contributed by atoms with van der Waals surface area (Å²) >= 11 is 12.0. The van der Waals surface area contributed by atoms with E-state index >= 15 is 0 Å². The molecule has 0 heterocycles. The molecule has 1 amide bonds. The molecular weight excluding hydrogens is 429 g/mol. The van der Waals surface area contributed by atoms with Crippen LogP contribution in [0.3, 0.4) is 0 Å². The Hall–Kier alpha value is -2.44. The zero-order chi connectivity index (χ0) is 22.3. The molecule has 6 nitrogen and oxygen atoms in total. The Balaban J connectivity index is 2.04. The lowest BCUT2D eigenvalue weighted by molar-refractivity contribution is -0.143. The summed E-state index contributed by atoms with van der Waals surface area (Å²) in [5.74, 6) is -0.463. The number of carboxylic acid groups (broad SMARTS) is 2. The number of rotatable bonds is 10. The molecule has 2 rings (SSSR count). The van der Waals surface area contributed by atoms with Gasteiger partial charge in [-0.05, 0) is 60.2 Å². The molecule has 8 heteroatoms. The normalized spacial score (nSPS) is 11.9. The zero-order valence-corrected chi connectivity index (χ0v) is 18.4. The van der Waals surface area contributed by atoms with Gasteiger partial charge in [-0.25, -0.2) is 9.59 Å². The quantitative estimate of drug-likeness (QED) is 0.489. The zero-order valence-electron chi connectivity index (χ0n) is 16.8. The fourth-order valence-electron chi connectivity index (χ4n) is 3.09. The minimum absolute atomic E-state index is 0.0599. The van der Waals surface area contributed by atoms with Gasteiger partial charge in [-0.3, -0.25) is 4.90 Å². The number of carbonyl (C=O) groups is 2. The molecule has 0 aliphatic heterocycles. The lowest BCUT2D eigenvalue weighted by Crippen LogP contribution is -2.46. The molecule has 0 spiro atoms. The second-order valence-electron chi connectivity index (χ2n) is 7.42. The first-order valence-corrected chi connectivity index (χ1v) is 10.3. The number of nitrogens with zero attached hydrogens (tertiary/aromatic N) is 1. The van der Waals surface area contributed by atoms with Crippen molar-refractivity contribution in [3.8, 4) is 5.75 Å². The predicted octanol–water partition coefficient (Wildman–Crippen LogP) is 5.59. The number of hydrogen-bond acceptors (Lipinski definition) is 3. The van der Waals surface area contributed by atoms with Crippen molar-refractivity contribution in [2.24, 2.45) is 5.92 Å². The summed E-state index contributed by atoms with van der Waals surface area (Å²) in [5.41, 5.74) is 1.67. The van der Waals surface area contributed by atoms with Crippen molar-refractivity contribution in [1.29, 1.82) is 0 Å². The van der Waals surface area contributed by atoms with Crippen molar-refractivity contribution >= 4 is 35.3 Å². The van der Waals surface area contributed by atoms with Gasteiger partial charge in [0.15, 0.2) is 0 Å². The van der Waals surface area contributed by atoms with Crippen LogP contribution >= 0.6 is 23.2 Å². The van der Waals surface area contributed by atoms with Crippen LogP contribution in [0, 0.1) is 5.92 Å². The van der Waals surface area contributed by atoms with Crippen molar-refractivity contribution in [2.45, 2.75) is 39.3 Å². The summed E-state index contributed by atoms with van der Waals surface area (Å²) in [6.45, 7) is 4.08. The average molecular weight is 454 g/mol. The van der Waals surface area contributed by atoms with E-state index in [-0.39, 0.29) is 25.5 Å². The molecule has 2 aromatic rings. The van der Waals surface area contributed by atoms with Crippen molar-refractivity contribution in [3.05, 3.63) is 63.6 Å². The van der Waals surface area contributed by atoms with Gasteiger partial charge in [0, 0.05) is 16.6 Å². The standard InChI is InChI=1S/C22H25Cl2NO5/c1-14(2)8-20(21(26)27)25(22(28)29)7-6-15-4-3-5-19(11-15)30-13-16-9-17(23)12-18(24)10-16/h3-5,9-12,14,20H,6-8,13H2,1-2H3,(H,26,27)(H,28,29). The van der Waals surface area contributed by atoms with Gasteiger partial charge in [-0.15, -0.1) is 0 Å². The maximum Gasteiger partial charge on any atom is 0.408 e. The number of hydrogen-bond donors (Lipinski definition) is 2. The van der Waals surface area contributed by atoms with E-state index in [0.717, 1.165) is 16.0 Å². The lowest BCUT2D eigenvalue weighted by Gasteiger charge is -2.27. The number of halogens is 2. The first-order chi connectivity index (χ1) is 14.2. The Morgan fingerprint density at radius 2 is 1.70 bits per heavy atom. The van der Waals surface area contributed by atoms with E-state index in [1.54, 1.807) is 24.3 Å². The van der Waals surface area contributed by atoms with Crippen LogP contribution in [0.5, 0.6) is 5.75 Å². The van der Waals surface area contributed by atoms with Crippen molar-refractivity contribution < 1.29 is 24.5 Å². The van der Waals surface area contributed by atoms with Crippen LogP contribution in [0.2, 0.25) is 10.0 Å². The smallest absolute Gasteiger partial charge is 0.408 e. The van der Waals surface area contributed by atoms with Gasteiger partial charge < -0.3 is 14.9 Å². The van der Waals surface area contributed by atoms with Crippen LogP contribution in [0.1, 0.15) is 31.4 Å². The van der Waals surface area contributed by atoms with Crippen LogP contribution in [0.15, 0.2) is 42.5 Å². The second-order valence-corrected chi connectivity index (χ2v) is 8.30. The second kappa shape index (κ2) is 11.1. The third kappa shape index (κ3) is 7.43. The monoisotopic (exact) mass is 453 g/mol. The Labute approximate surface area is 186 Å². The molecule has 0 aliphatic carbocycles. The summed E-state index contributed by atoms with van der Waals surface area (Å²) in [7, 11) is 0. The number of amides is 1. The molecule has 30 heavy (non-hydrogen) atoms. The molecule has 0 saturated carbocycles. The molecule has 0 saturated heterocycles. The maximum atomic E-state index is 11.6. The summed E-state index contributed by atoms with van der Waals surface area (Å²) < 4.78 is 5.79. The molecule has 2 aromatic carbocycles. The highest BCUT2D eigenvalue weighted by molar-refractivity contribution is 6.34. The van der Waals surface area contributed by atoms with Gasteiger partial charge in [0.1, 0.15) is 18.4 Å².